The predicted molar refractivity (Wildman–Crippen MR) is 147 cm³/mol. The van der Waals surface area contributed by atoms with Gasteiger partial charge in [-0.1, -0.05) is 18.6 Å². The summed E-state index contributed by atoms with van der Waals surface area (Å²) in [5.74, 6) is -0.993. The summed E-state index contributed by atoms with van der Waals surface area (Å²) >= 11 is 2.24. The number of H-pyrrole nitrogens is 1. The van der Waals surface area contributed by atoms with Gasteiger partial charge in [-0.05, 0) is 103 Å². The van der Waals surface area contributed by atoms with Crippen LogP contribution in [0.2, 0.25) is 0 Å². The van der Waals surface area contributed by atoms with Crippen LogP contribution in [0.5, 0.6) is 0 Å². The number of hydrogen-bond acceptors (Lipinski definition) is 4. The maximum atomic E-state index is 13.3. The molecule has 2 aromatic carbocycles. The molecule has 3 N–H and O–H groups in total. The van der Waals surface area contributed by atoms with Crippen LogP contribution in [0.15, 0.2) is 60.8 Å². The highest BCUT2D eigenvalue weighted by atomic mass is 127. The zero-order valence-electron chi connectivity index (χ0n) is 19.9. The Morgan fingerprint density at radius 2 is 1.97 bits per heavy atom. The number of benzene rings is 2. The van der Waals surface area contributed by atoms with Gasteiger partial charge in [0.1, 0.15) is 5.69 Å². The summed E-state index contributed by atoms with van der Waals surface area (Å²) < 4.78 is 1.12. The van der Waals surface area contributed by atoms with Crippen LogP contribution in [0, 0.1) is 15.9 Å². The number of aliphatic carboxylic acids is 1. The van der Waals surface area contributed by atoms with Crippen molar-refractivity contribution >= 4 is 45.4 Å². The smallest absolute Gasteiger partial charge is 0.310 e. The molecule has 0 spiro atoms. The summed E-state index contributed by atoms with van der Waals surface area (Å²) in [7, 11) is 0. The molecule has 2 unspecified atom stereocenters. The Morgan fingerprint density at radius 3 is 2.72 bits per heavy atom. The number of nitrogens with zero attached hydrogens (tertiary/aromatic N) is 2. The largest absolute Gasteiger partial charge is 0.481 e. The Balaban J connectivity index is 1.36. The summed E-state index contributed by atoms with van der Waals surface area (Å²) in [6.45, 7) is 1.93. The second kappa shape index (κ2) is 10.0. The van der Waals surface area contributed by atoms with Gasteiger partial charge < -0.3 is 10.4 Å². The minimum atomic E-state index is -0.885. The van der Waals surface area contributed by atoms with Gasteiger partial charge in [0.05, 0.1) is 10.9 Å². The van der Waals surface area contributed by atoms with Gasteiger partial charge >= 0.3 is 5.97 Å². The molecule has 1 saturated carbocycles. The summed E-state index contributed by atoms with van der Waals surface area (Å²) in [6.07, 6.45) is 4.75. The molecule has 5 rings (SSSR count). The van der Waals surface area contributed by atoms with Crippen LogP contribution in [0.3, 0.4) is 0 Å². The molecule has 7 nitrogen and oxygen atoms in total. The number of pyridine rings is 1. The van der Waals surface area contributed by atoms with Gasteiger partial charge in [0, 0.05) is 38.0 Å². The van der Waals surface area contributed by atoms with Crippen molar-refractivity contribution in [3.05, 3.63) is 81.2 Å². The third kappa shape index (κ3) is 5.00. The Morgan fingerprint density at radius 1 is 1.17 bits per heavy atom. The number of carboxylic acids is 1. The van der Waals surface area contributed by atoms with E-state index in [4.69, 9.17) is 0 Å². The second-order valence-electron chi connectivity index (χ2n) is 9.67. The Bertz CT molecular complexity index is 1430. The highest BCUT2D eigenvalue weighted by Gasteiger charge is 2.43. The van der Waals surface area contributed by atoms with E-state index in [2.05, 4.69) is 43.1 Å². The van der Waals surface area contributed by atoms with Crippen molar-refractivity contribution in [3.63, 3.8) is 0 Å². The summed E-state index contributed by atoms with van der Waals surface area (Å²) in [6, 6.07) is 17.1. The first-order chi connectivity index (χ1) is 17.3. The van der Waals surface area contributed by atoms with Crippen LogP contribution in [-0.2, 0) is 11.2 Å². The molecular weight excluding hydrogens is 567 g/mol. The van der Waals surface area contributed by atoms with Crippen molar-refractivity contribution in [2.75, 3.05) is 0 Å². The van der Waals surface area contributed by atoms with Crippen LogP contribution in [-0.4, -0.2) is 38.2 Å². The van der Waals surface area contributed by atoms with Crippen LogP contribution in [0.1, 0.15) is 47.3 Å². The molecular formula is C28H27IN4O3. The molecule has 1 aliphatic carbocycles. The molecule has 1 aliphatic rings. The first-order valence-electron chi connectivity index (χ1n) is 12.0. The highest BCUT2D eigenvalue weighted by molar-refractivity contribution is 14.1. The molecule has 0 saturated heterocycles. The van der Waals surface area contributed by atoms with Crippen molar-refractivity contribution in [2.45, 2.75) is 45.1 Å². The molecule has 2 aromatic heterocycles. The van der Waals surface area contributed by atoms with Crippen molar-refractivity contribution in [1.29, 1.82) is 0 Å². The summed E-state index contributed by atoms with van der Waals surface area (Å²) in [4.78, 5) is 29.9. The van der Waals surface area contributed by atoms with E-state index >= 15 is 0 Å². The molecule has 36 heavy (non-hydrogen) atoms. The summed E-state index contributed by atoms with van der Waals surface area (Å²) in [5, 5.41) is 21.7. The fourth-order valence-electron chi connectivity index (χ4n) is 5.25. The number of carboxylic acid groups (broad SMARTS) is 1. The van der Waals surface area contributed by atoms with Crippen LogP contribution < -0.4 is 5.32 Å². The van der Waals surface area contributed by atoms with Gasteiger partial charge in [0.15, 0.2) is 0 Å². The van der Waals surface area contributed by atoms with Crippen molar-refractivity contribution in [3.8, 4) is 11.3 Å². The lowest BCUT2D eigenvalue weighted by atomic mass is 9.68. The average Bonchev–Trinajstić information content (AvgIpc) is 3.29. The highest BCUT2D eigenvalue weighted by Crippen LogP contribution is 2.40. The van der Waals surface area contributed by atoms with Gasteiger partial charge in [0.25, 0.3) is 5.91 Å². The van der Waals surface area contributed by atoms with Crippen molar-refractivity contribution < 1.29 is 14.7 Å². The van der Waals surface area contributed by atoms with Crippen molar-refractivity contribution in [1.82, 2.24) is 20.5 Å². The second-order valence-corrected chi connectivity index (χ2v) is 10.9. The molecule has 0 bridgehead atoms. The number of aromatic nitrogens is 3. The first-order valence-corrected chi connectivity index (χ1v) is 13.1. The summed E-state index contributed by atoms with van der Waals surface area (Å²) in [5.41, 5.74) is 4.09. The standard InChI is InChI=1S/C28H27IN4O3/c1-17-13-19(10-12-30-17)25-23-14-20(6-9-24(23)32-33-25)26(34)31-22-3-2-11-28(16-22,27(35)36)15-18-4-7-21(29)8-5-18/h4-10,12-14,22H,2-3,11,15-16H2,1H3,(H,31,34)(H,32,33)(H,35,36). The quantitative estimate of drug-likeness (QED) is 0.255. The fraction of sp³-hybridized carbons (Fsp3) is 0.286. The maximum absolute atomic E-state index is 13.3. The SMILES string of the molecule is Cc1cc(-c2n[nH]c3ccc(C(=O)NC4CCCC(Cc5ccc(I)cc5)(C(=O)O)C4)cc23)ccn1. The molecule has 0 radical (unpaired) electrons. The minimum Gasteiger partial charge on any atom is -0.481 e. The van der Waals surface area contributed by atoms with E-state index in [-0.39, 0.29) is 11.9 Å². The Labute approximate surface area is 222 Å². The van der Waals surface area contributed by atoms with E-state index in [9.17, 15) is 14.7 Å². The minimum absolute atomic E-state index is 0.199. The number of aryl methyl sites for hydroxylation is 1. The number of halogens is 1. The van der Waals surface area contributed by atoms with Gasteiger partial charge in [-0.2, -0.15) is 5.10 Å². The number of rotatable bonds is 6. The molecule has 184 valence electrons. The van der Waals surface area contributed by atoms with Gasteiger partial charge in [-0.25, -0.2) is 0 Å². The van der Waals surface area contributed by atoms with Crippen LogP contribution in [0.4, 0.5) is 0 Å². The maximum Gasteiger partial charge on any atom is 0.310 e. The van der Waals surface area contributed by atoms with E-state index in [1.54, 1.807) is 12.3 Å². The number of carbonyl (C=O) groups is 2. The monoisotopic (exact) mass is 594 g/mol. The number of carbonyl (C=O) groups excluding carboxylic acids is 1. The van der Waals surface area contributed by atoms with E-state index in [0.717, 1.165) is 49.8 Å². The van der Waals surface area contributed by atoms with Crippen molar-refractivity contribution in [2.24, 2.45) is 5.41 Å². The lowest BCUT2D eigenvalue weighted by Gasteiger charge is -2.38. The zero-order chi connectivity index (χ0) is 25.3. The third-order valence-electron chi connectivity index (χ3n) is 7.08. The van der Waals surface area contributed by atoms with Crippen LogP contribution in [0.25, 0.3) is 22.2 Å². The Kier molecular flexibility index (Phi) is 6.79. The lowest BCUT2D eigenvalue weighted by molar-refractivity contribution is -0.151. The topological polar surface area (TPSA) is 108 Å². The number of aromatic amines is 1. The predicted octanol–water partition coefficient (Wildman–Crippen LogP) is 5.52. The van der Waals surface area contributed by atoms with Gasteiger partial charge in [-0.3, -0.25) is 19.7 Å². The molecule has 2 heterocycles. The van der Waals surface area contributed by atoms with E-state index in [1.807, 2.05) is 55.5 Å². The molecule has 2 atom stereocenters. The van der Waals surface area contributed by atoms with E-state index < -0.39 is 11.4 Å². The first kappa shape index (κ1) is 24.4. The normalized spacial score (nSPS) is 19.8. The molecule has 4 aromatic rings. The molecule has 8 heteroatoms. The number of amides is 1. The van der Waals surface area contributed by atoms with Gasteiger partial charge in [0.2, 0.25) is 0 Å². The molecule has 1 fully saturated rings. The van der Waals surface area contributed by atoms with Gasteiger partial charge in [-0.15, -0.1) is 0 Å². The Hall–Kier alpha value is -3.27. The molecule has 0 aliphatic heterocycles. The molecule has 1 amide bonds. The van der Waals surface area contributed by atoms with Crippen LogP contribution >= 0.6 is 22.6 Å². The fourth-order valence-corrected chi connectivity index (χ4v) is 5.61. The number of hydrogen-bond donors (Lipinski definition) is 3. The van der Waals surface area contributed by atoms with E-state index in [1.165, 1.54) is 0 Å². The average molecular weight is 594 g/mol. The number of fused-ring (bicyclic) bond motifs is 1. The lowest BCUT2D eigenvalue weighted by Crippen LogP contribution is -2.46. The number of nitrogens with one attached hydrogen (secondary N) is 2. The van der Waals surface area contributed by atoms with E-state index in [0.29, 0.717) is 24.8 Å². The third-order valence-corrected chi connectivity index (χ3v) is 7.80. The zero-order valence-corrected chi connectivity index (χ0v) is 22.1.